The summed E-state index contributed by atoms with van der Waals surface area (Å²) in [7, 11) is -3.68. The van der Waals surface area contributed by atoms with E-state index in [1.54, 1.807) is 48.5 Å². The number of hydrogen-bond donors (Lipinski definition) is 2. The topological polar surface area (TPSA) is 83.5 Å². The van der Waals surface area contributed by atoms with E-state index in [4.69, 9.17) is 0 Å². The molecule has 0 atom stereocenters. The lowest BCUT2D eigenvalue weighted by Gasteiger charge is -2.09. The maximum absolute atomic E-state index is 12.7. The summed E-state index contributed by atoms with van der Waals surface area (Å²) >= 11 is 4.84. The quantitative estimate of drug-likeness (QED) is 0.269. The second-order valence-electron chi connectivity index (χ2n) is 7.90. The number of rotatable bonds is 6. The molecule has 0 bridgehead atoms. The minimum atomic E-state index is -3.68. The van der Waals surface area contributed by atoms with Crippen LogP contribution in [0.4, 0.5) is 10.8 Å². The first kappa shape index (κ1) is 22.8. The number of hydrogen-bond acceptors (Lipinski definition) is 6. The smallest absolute Gasteiger partial charge is 0.261 e. The second-order valence-corrected chi connectivity index (χ2v) is 11.5. The largest absolute Gasteiger partial charge is 0.280 e. The van der Waals surface area contributed by atoms with Gasteiger partial charge in [0.1, 0.15) is 0 Å². The third-order valence-electron chi connectivity index (χ3n) is 5.57. The summed E-state index contributed by atoms with van der Waals surface area (Å²) < 4.78 is 29.0. The molecule has 2 N–H and O–H groups in total. The molecule has 34 heavy (non-hydrogen) atoms. The van der Waals surface area contributed by atoms with Crippen LogP contribution >= 0.6 is 27.3 Å². The molecule has 0 fully saturated rings. The summed E-state index contributed by atoms with van der Waals surface area (Å²) in [5.41, 5.74) is 8.94. The van der Waals surface area contributed by atoms with E-state index in [9.17, 15) is 8.42 Å². The Labute approximate surface area is 211 Å². The van der Waals surface area contributed by atoms with E-state index >= 15 is 0 Å². The van der Waals surface area contributed by atoms with Crippen LogP contribution in [-0.2, 0) is 16.4 Å². The van der Waals surface area contributed by atoms with E-state index in [-0.39, 0.29) is 4.90 Å². The first-order chi connectivity index (χ1) is 16.4. The number of anilines is 2. The standard InChI is InChI=1S/C25H21BrN4O2S2/c1-16-24(33-25(27-16)29-28-23-15-8-17-4-2-3-5-22(17)23)18-6-13-21(14-7-18)34(31,32)30-20-11-9-19(26)10-12-20/h2-7,9-14,30H,8,15H2,1H3,(H,27,29)/b28-23-. The Morgan fingerprint density at radius 2 is 1.71 bits per heavy atom. The van der Waals surface area contributed by atoms with Gasteiger partial charge in [0.25, 0.3) is 10.0 Å². The maximum Gasteiger partial charge on any atom is 0.261 e. The highest BCUT2D eigenvalue weighted by Crippen LogP contribution is 2.34. The van der Waals surface area contributed by atoms with Crippen LogP contribution in [0.2, 0.25) is 0 Å². The van der Waals surface area contributed by atoms with Crippen molar-refractivity contribution in [3.8, 4) is 10.4 Å². The minimum absolute atomic E-state index is 0.200. The van der Waals surface area contributed by atoms with E-state index in [1.165, 1.54) is 22.5 Å². The summed E-state index contributed by atoms with van der Waals surface area (Å²) in [5, 5.41) is 5.31. The highest BCUT2D eigenvalue weighted by atomic mass is 79.9. The fourth-order valence-electron chi connectivity index (χ4n) is 3.87. The van der Waals surface area contributed by atoms with E-state index in [0.29, 0.717) is 10.8 Å². The number of aromatic nitrogens is 1. The first-order valence-corrected chi connectivity index (χ1v) is 13.8. The molecule has 1 heterocycles. The molecular formula is C25H21BrN4O2S2. The molecular weight excluding hydrogens is 532 g/mol. The maximum atomic E-state index is 12.7. The van der Waals surface area contributed by atoms with Crippen molar-refractivity contribution in [3.05, 3.63) is 94.1 Å². The zero-order chi connectivity index (χ0) is 23.7. The Morgan fingerprint density at radius 3 is 2.47 bits per heavy atom. The van der Waals surface area contributed by atoms with Gasteiger partial charge in [-0.15, -0.1) is 0 Å². The van der Waals surface area contributed by atoms with Gasteiger partial charge in [-0.25, -0.2) is 13.4 Å². The number of hydrazone groups is 1. The van der Waals surface area contributed by atoms with E-state index in [1.807, 2.05) is 13.0 Å². The van der Waals surface area contributed by atoms with Crippen molar-refractivity contribution in [2.24, 2.45) is 5.10 Å². The molecule has 4 aromatic rings. The van der Waals surface area contributed by atoms with Crippen molar-refractivity contribution in [2.75, 3.05) is 10.1 Å². The normalized spacial score (nSPS) is 14.2. The van der Waals surface area contributed by atoms with E-state index < -0.39 is 10.0 Å². The van der Waals surface area contributed by atoms with Gasteiger partial charge in [0.05, 0.1) is 21.2 Å². The summed E-state index contributed by atoms with van der Waals surface area (Å²) in [6, 6.07) is 22.1. The SMILES string of the molecule is Cc1nc(N/N=C2/CCc3ccccc32)sc1-c1ccc(S(=O)(=O)Nc2ccc(Br)cc2)cc1. The average molecular weight is 554 g/mol. The molecule has 0 unspecified atom stereocenters. The van der Waals surface area contributed by atoms with Crippen LogP contribution in [0, 0.1) is 6.92 Å². The zero-order valence-electron chi connectivity index (χ0n) is 18.2. The molecule has 1 aliphatic rings. The van der Waals surface area contributed by atoms with Crippen molar-refractivity contribution in [2.45, 2.75) is 24.7 Å². The van der Waals surface area contributed by atoms with Crippen LogP contribution in [0.3, 0.4) is 0 Å². The van der Waals surface area contributed by atoms with Gasteiger partial charge < -0.3 is 0 Å². The van der Waals surface area contributed by atoms with Gasteiger partial charge in [-0.3, -0.25) is 10.1 Å². The van der Waals surface area contributed by atoms with Crippen LogP contribution in [-0.4, -0.2) is 19.1 Å². The van der Waals surface area contributed by atoms with Crippen molar-refractivity contribution >= 4 is 53.8 Å². The highest BCUT2D eigenvalue weighted by Gasteiger charge is 2.18. The van der Waals surface area contributed by atoms with Crippen molar-refractivity contribution in [3.63, 3.8) is 0 Å². The molecule has 0 spiro atoms. The molecule has 5 rings (SSSR count). The second kappa shape index (κ2) is 9.32. The Kier molecular flexibility index (Phi) is 6.24. The van der Waals surface area contributed by atoms with Crippen LogP contribution < -0.4 is 10.1 Å². The lowest BCUT2D eigenvalue weighted by atomic mass is 10.1. The van der Waals surface area contributed by atoms with Crippen LogP contribution in [0.25, 0.3) is 10.4 Å². The van der Waals surface area contributed by atoms with Crippen LogP contribution in [0.1, 0.15) is 23.2 Å². The number of nitrogens with one attached hydrogen (secondary N) is 2. The fraction of sp³-hybridized carbons (Fsp3) is 0.120. The molecule has 1 aromatic heterocycles. The van der Waals surface area contributed by atoms with Gasteiger partial charge in [0, 0.05) is 15.7 Å². The predicted molar refractivity (Wildman–Crippen MR) is 142 cm³/mol. The van der Waals surface area contributed by atoms with Gasteiger partial charge in [-0.1, -0.05) is 63.7 Å². The Hall–Kier alpha value is -3.01. The minimum Gasteiger partial charge on any atom is -0.280 e. The molecule has 0 saturated heterocycles. The Bertz CT molecular complexity index is 1480. The molecule has 9 heteroatoms. The molecule has 1 aliphatic carbocycles. The number of fused-ring (bicyclic) bond motifs is 1. The van der Waals surface area contributed by atoms with Crippen molar-refractivity contribution in [1.29, 1.82) is 0 Å². The fourth-order valence-corrected chi connectivity index (χ4v) is 6.11. The third-order valence-corrected chi connectivity index (χ3v) is 8.60. The van der Waals surface area contributed by atoms with Gasteiger partial charge in [-0.05, 0) is 67.3 Å². The molecule has 172 valence electrons. The predicted octanol–water partition coefficient (Wildman–Crippen LogP) is 6.44. The van der Waals surface area contributed by atoms with E-state index in [2.05, 4.69) is 54.4 Å². The third kappa shape index (κ3) is 4.77. The van der Waals surface area contributed by atoms with Crippen molar-refractivity contribution < 1.29 is 8.42 Å². The summed E-state index contributed by atoms with van der Waals surface area (Å²) in [4.78, 5) is 5.78. The van der Waals surface area contributed by atoms with Gasteiger partial charge in [0.15, 0.2) is 0 Å². The number of benzene rings is 3. The zero-order valence-corrected chi connectivity index (χ0v) is 21.5. The monoisotopic (exact) mass is 552 g/mol. The van der Waals surface area contributed by atoms with Gasteiger partial charge >= 0.3 is 0 Å². The lowest BCUT2D eigenvalue weighted by molar-refractivity contribution is 0.601. The molecule has 0 saturated carbocycles. The number of nitrogens with zero attached hydrogens (tertiary/aromatic N) is 2. The van der Waals surface area contributed by atoms with Crippen LogP contribution in [0.15, 0.2) is 87.3 Å². The van der Waals surface area contributed by atoms with E-state index in [0.717, 1.165) is 39.2 Å². The van der Waals surface area contributed by atoms with Gasteiger partial charge in [-0.2, -0.15) is 5.10 Å². The molecule has 3 aromatic carbocycles. The lowest BCUT2D eigenvalue weighted by Crippen LogP contribution is -2.12. The summed E-state index contributed by atoms with van der Waals surface area (Å²) in [6.07, 6.45) is 1.92. The average Bonchev–Trinajstić information content (AvgIpc) is 3.42. The highest BCUT2D eigenvalue weighted by molar-refractivity contribution is 9.10. The molecule has 6 nitrogen and oxygen atoms in total. The Morgan fingerprint density at radius 1 is 0.971 bits per heavy atom. The number of sulfonamides is 1. The van der Waals surface area contributed by atoms with Crippen molar-refractivity contribution in [1.82, 2.24) is 4.98 Å². The summed E-state index contributed by atoms with van der Waals surface area (Å²) in [6.45, 7) is 1.94. The first-order valence-electron chi connectivity index (χ1n) is 10.7. The van der Waals surface area contributed by atoms with Crippen LogP contribution in [0.5, 0.6) is 0 Å². The molecule has 0 radical (unpaired) electrons. The molecule has 0 amide bonds. The number of aryl methyl sites for hydroxylation is 2. The number of thiazole rings is 1. The van der Waals surface area contributed by atoms with Gasteiger partial charge in [0.2, 0.25) is 5.13 Å². The summed E-state index contributed by atoms with van der Waals surface area (Å²) in [5.74, 6) is 0. The Balaban J connectivity index is 1.32. The number of halogens is 1. The molecule has 0 aliphatic heterocycles.